The second kappa shape index (κ2) is 12.0. The van der Waals surface area contributed by atoms with Gasteiger partial charge in [-0.15, -0.1) is 0 Å². The van der Waals surface area contributed by atoms with Crippen molar-refractivity contribution in [1.29, 1.82) is 0 Å². The molecule has 0 bridgehead atoms. The molecule has 0 unspecified atom stereocenters. The molecule has 1 spiro atoms. The molecule has 0 aromatic heterocycles. The number of ether oxygens (including phenoxy) is 1. The lowest BCUT2D eigenvalue weighted by Gasteiger charge is -2.37. The van der Waals surface area contributed by atoms with Crippen LogP contribution in [0.25, 0.3) is 0 Å². The van der Waals surface area contributed by atoms with Crippen LogP contribution in [0.4, 0.5) is 15.5 Å². The normalized spacial score (nSPS) is 27.1. The van der Waals surface area contributed by atoms with Gasteiger partial charge in [-0.05, 0) is 60.8 Å². The van der Waals surface area contributed by atoms with E-state index in [9.17, 15) is 19.5 Å². The number of amides is 3. The average Bonchev–Trinajstić information content (AvgIpc) is 3.69. The van der Waals surface area contributed by atoms with Crippen LogP contribution in [-0.2, 0) is 44.2 Å². The Morgan fingerprint density at radius 3 is 2.40 bits per heavy atom. The van der Waals surface area contributed by atoms with Crippen LogP contribution in [0.2, 0.25) is 18.6 Å². The molecule has 3 aromatic carbocycles. The van der Waals surface area contributed by atoms with E-state index in [1.165, 1.54) is 0 Å². The van der Waals surface area contributed by atoms with Crippen LogP contribution in [-0.4, -0.2) is 61.4 Å². The van der Waals surface area contributed by atoms with Gasteiger partial charge in [-0.1, -0.05) is 61.5 Å². The predicted octanol–water partition coefficient (Wildman–Crippen LogP) is 5.47. The average molecular weight is 656 g/mol. The zero-order valence-electron chi connectivity index (χ0n) is 27.2. The second-order valence-corrected chi connectivity index (χ2v) is 17.8. The van der Waals surface area contributed by atoms with Gasteiger partial charge in [0, 0.05) is 42.2 Å². The van der Waals surface area contributed by atoms with Crippen LogP contribution in [0.1, 0.15) is 48.4 Å². The summed E-state index contributed by atoms with van der Waals surface area (Å²) in [6.45, 7) is 6.37. The Balaban J connectivity index is 1.18. The Bertz CT molecular complexity index is 1710. The molecule has 0 aliphatic carbocycles. The van der Waals surface area contributed by atoms with E-state index in [1.54, 1.807) is 27.8 Å². The van der Waals surface area contributed by atoms with Gasteiger partial charge in [-0.3, -0.25) is 14.4 Å². The summed E-state index contributed by atoms with van der Waals surface area (Å²) in [7, 11) is -3.46. The monoisotopic (exact) mass is 655 g/mol. The number of hydrogen-bond donors (Lipinski definition) is 1. The molecule has 4 heterocycles. The second-order valence-electron chi connectivity index (χ2n) is 14.0. The minimum atomic E-state index is -3.46. The molecule has 10 heteroatoms. The van der Waals surface area contributed by atoms with E-state index in [-0.39, 0.29) is 43.3 Å². The number of benzene rings is 3. The number of nitrogens with zero attached hydrogens (tertiary/aromatic N) is 3. The lowest BCUT2D eigenvalue weighted by atomic mass is 9.82. The highest BCUT2D eigenvalue weighted by molar-refractivity contribution is 6.72. The number of hydrogen-bond acceptors (Lipinski definition) is 5. The summed E-state index contributed by atoms with van der Waals surface area (Å²) in [5, 5.41) is 10.2. The number of para-hydroxylation sites is 1. The first-order valence-corrected chi connectivity index (χ1v) is 19.6. The number of aliphatic hydroxyl groups is 1. The van der Waals surface area contributed by atoms with Crippen molar-refractivity contribution < 1.29 is 28.3 Å². The number of fused-ring (bicyclic) bond motifs is 3. The third kappa shape index (κ3) is 5.30. The molecular formula is C37H42FN3O5Si. The fourth-order valence-corrected chi connectivity index (χ4v) is 11.1. The fourth-order valence-electron chi connectivity index (χ4n) is 8.58. The Kier molecular flexibility index (Phi) is 8.09. The minimum absolute atomic E-state index is 0.0676. The molecule has 3 amide bonds. The van der Waals surface area contributed by atoms with Gasteiger partial charge < -0.3 is 28.7 Å². The molecule has 0 saturated carbocycles. The van der Waals surface area contributed by atoms with E-state index in [1.807, 2.05) is 79.7 Å². The van der Waals surface area contributed by atoms with Gasteiger partial charge >= 0.3 is 0 Å². The zero-order chi connectivity index (χ0) is 33.1. The predicted molar refractivity (Wildman–Crippen MR) is 180 cm³/mol. The largest absolute Gasteiger partial charge is 0.394 e. The molecular weight excluding hydrogens is 614 g/mol. The lowest BCUT2D eigenvalue weighted by molar-refractivity contribution is -0.151. The highest BCUT2D eigenvalue weighted by Gasteiger charge is 2.67. The molecule has 5 atom stereocenters. The summed E-state index contributed by atoms with van der Waals surface area (Å²) in [6.07, 6.45) is 1.09. The summed E-state index contributed by atoms with van der Waals surface area (Å²) in [4.78, 5) is 46.1. The Labute approximate surface area is 276 Å². The number of halogens is 1. The van der Waals surface area contributed by atoms with E-state index >= 15 is 4.11 Å². The zero-order valence-corrected chi connectivity index (χ0v) is 28.2. The molecule has 2 saturated heterocycles. The summed E-state index contributed by atoms with van der Waals surface area (Å²) in [6, 6.07) is 22.8. The molecule has 246 valence electrons. The first-order chi connectivity index (χ1) is 22.5. The SMILES string of the molecule is C[C@H]1[C@H]([Si](C)(C)F)[C@@H](CC(=O)N2Cc3ccccc3C[C@H]2CO)O[C@]12C(=O)N(Cc1ccc(N3CCCC3=O)cc1)c1ccccc12. The standard InChI is InChI=1S/C37H42FN3O5Si/c1-24-35(47(2,3)38)32(20-34(44)40-22-27-10-5-4-9-26(27)19-29(40)23-42)46-37(24)30-11-6-7-12-31(30)41(36(37)45)21-25-14-16-28(17-15-25)39-18-8-13-33(39)43/h4-7,9-12,14-17,24,29,32,35,42H,8,13,18-23H2,1-3H3/t24-,29-,32+,35-,37+/m0/s1. The molecule has 0 radical (unpaired) electrons. The summed E-state index contributed by atoms with van der Waals surface area (Å²) in [5.41, 5.74) is 3.29. The third-order valence-electron chi connectivity index (χ3n) is 10.8. The van der Waals surface area contributed by atoms with Crippen LogP contribution in [0.15, 0.2) is 72.8 Å². The van der Waals surface area contributed by atoms with E-state index in [2.05, 4.69) is 0 Å². The Morgan fingerprint density at radius 2 is 1.72 bits per heavy atom. The fraction of sp³-hybridized carbons (Fsp3) is 0.432. The molecule has 47 heavy (non-hydrogen) atoms. The third-order valence-corrected chi connectivity index (χ3v) is 13.2. The first-order valence-electron chi connectivity index (χ1n) is 16.7. The molecule has 8 nitrogen and oxygen atoms in total. The number of anilines is 2. The van der Waals surface area contributed by atoms with Crippen molar-refractivity contribution >= 4 is 37.5 Å². The molecule has 4 aliphatic rings. The van der Waals surface area contributed by atoms with Gasteiger partial charge in [0.25, 0.3) is 5.91 Å². The van der Waals surface area contributed by atoms with Crippen LogP contribution >= 0.6 is 0 Å². The van der Waals surface area contributed by atoms with Crippen LogP contribution in [0.5, 0.6) is 0 Å². The number of carbonyl (C=O) groups is 3. The van der Waals surface area contributed by atoms with Gasteiger partial charge in [0.1, 0.15) is 0 Å². The van der Waals surface area contributed by atoms with Crippen molar-refractivity contribution in [2.75, 3.05) is 23.0 Å². The van der Waals surface area contributed by atoms with E-state index in [4.69, 9.17) is 4.74 Å². The van der Waals surface area contributed by atoms with Crippen molar-refractivity contribution in [3.63, 3.8) is 0 Å². The van der Waals surface area contributed by atoms with E-state index < -0.39 is 31.6 Å². The smallest absolute Gasteiger partial charge is 0.264 e. The Hall–Kier alpha value is -3.86. The maximum atomic E-state index is 16.3. The van der Waals surface area contributed by atoms with Gasteiger partial charge in [0.15, 0.2) is 5.60 Å². The summed E-state index contributed by atoms with van der Waals surface area (Å²) >= 11 is 0. The topological polar surface area (TPSA) is 90.4 Å². The van der Waals surface area contributed by atoms with E-state index in [0.29, 0.717) is 31.5 Å². The van der Waals surface area contributed by atoms with Crippen LogP contribution in [0.3, 0.4) is 0 Å². The van der Waals surface area contributed by atoms with Gasteiger partial charge in [0.05, 0.1) is 37.4 Å². The van der Waals surface area contributed by atoms with Crippen molar-refractivity contribution in [2.45, 2.75) is 82.1 Å². The molecule has 1 N–H and O–H groups in total. The maximum Gasteiger partial charge on any atom is 0.264 e. The van der Waals surface area contributed by atoms with Crippen molar-refractivity contribution in [1.82, 2.24) is 4.90 Å². The maximum absolute atomic E-state index is 16.3. The Morgan fingerprint density at radius 1 is 1.02 bits per heavy atom. The lowest BCUT2D eigenvalue weighted by Crippen LogP contribution is -2.48. The molecule has 4 aliphatic heterocycles. The van der Waals surface area contributed by atoms with Gasteiger partial charge in [-0.2, -0.15) is 0 Å². The summed E-state index contributed by atoms with van der Waals surface area (Å²) in [5.74, 6) is -0.842. The number of aliphatic hydroxyl groups excluding tert-OH is 1. The first kappa shape index (κ1) is 31.7. The quantitative estimate of drug-likeness (QED) is 0.269. The molecule has 3 aromatic rings. The highest BCUT2D eigenvalue weighted by atomic mass is 28.4. The van der Waals surface area contributed by atoms with E-state index in [0.717, 1.165) is 34.5 Å². The van der Waals surface area contributed by atoms with Gasteiger partial charge in [0.2, 0.25) is 20.2 Å². The van der Waals surface area contributed by atoms with Gasteiger partial charge in [-0.25, -0.2) is 0 Å². The minimum Gasteiger partial charge on any atom is -0.394 e. The van der Waals surface area contributed by atoms with Crippen LogP contribution in [0, 0.1) is 5.92 Å². The number of carbonyl (C=O) groups excluding carboxylic acids is 3. The highest BCUT2D eigenvalue weighted by Crippen LogP contribution is 2.60. The molecule has 7 rings (SSSR count). The summed E-state index contributed by atoms with van der Waals surface area (Å²) < 4.78 is 23.2. The van der Waals surface area contributed by atoms with Crippen molar-refractivity contribution in [3.05, 3.63) is 95.1 Å². The van der Waals surface area contributed by atoms with Crippen LogP contribution < -0.4 is 9.80 Å². The molecule has 2 fully saturated rings. The van der Waals surface area contributed by atoms with Crippen molar-refractivity contribution in [2.24, 2.45) is 5.92 Å². The van der Waals surface area contributed by atoms with Crippen molar-refractivity contribution in [3.8, 4) is 0 Å². The number of rotatable bonds is 7.